The van der Waals surface area contributed by atoms with Gasteiger partial charge in [0.05, 0.1) is 5.25 Å². The quantitative estimate of drug-likeness (QED) is 0.409. The molecule has 2 rings (SSSR count). The normalized spacial score (nSPS) is 27.8. The first-order valence-electron chi connectivity index (χ1n) is 8.57. The van der Waals surface area contributed by atoms with Crippen molar-refractivity contribution in [2.24, 2.45) is 5.92 Å². The van der Waals surface area contributed by atoms with Crippen molar-refractivity contribution in [3.05, 3.63) is 0 Å². The van der Waals surface area contributed by atoms with Gasteiger partial charge < -0.3 is 23.7 Å². The fourth-order valence-electron chi connectivity index (χ4n) is 3.16. The van der Waals surface area contributed by atoms with Crippen molar-refractivity contribution in [3.8, 4) is 0 Å². The summed E-state index contributed by atoms with van der Waals surface area (Å²) in [6, 6.07) is 0. The lowest BCUT2D eigenvalue weighted by Crippen LogP contribution is -2.58. The van der Waals surface area contributed by atoms with Crippen LogP contribution < -0.4 is 0 Å². The van der Waals surface area contributed by atoms with Crippen LogP contribution in [0.5, 0.6) is 0 Å². The summed E-state index contributed by atoms with van der Waals surface area (Å²) in [5.41, 5.74) is 0. The van der Waals surface area contributed by atoms with Crippen LogP contribution in [0.25, 0.3) is 0 Å². The number of ether oxygens (including phenoxy) is 5. The Labute approximate surface area is 165 Å². The smallest absolute Gasteiger partial charge is 0.314 e. The van der Waals surface area contributed by atoms with E-state index in [1.165, 1.54) is 25.6 Å². The van der Waals surface area contributed by atoms with Crippen LogP contribution in [0.15, 0.2) is 0 Å². The number of thioether (sulfide) groups is 1. The minimum absolute atomic E-state index is 0.368. The highest BCUT2D eigenvalue weighted by atomic mass is 32.2. The summed E-state index contributed by atoms with van der Waals surface area (Å²) >= 11 is 1.33. The largest absolute Gasteiger partial charge is 0.462 e. The first-order valence-corrected chi connectivity index (χ1v) is 9.62. The highest BCUT2D eigenvalue weighted by Crippen LogP contribution is 2.44. The van der Waals surface area contributed by atoms with Gasteiger partial charge in [-0.3, -0.25) is 24.0 Å². The Bertz CT molecular complexity index is 662. The lowest BCUT2D eigenvalue weighted by Gasteiger charge is -2.39. The summed E-state index contributed by atoms with van der Waals surface area (Å²) < 4.78 is 26.1. The molecule has 0 saturated carbocycles. The van der Waals surface area contributed by atoms with Gasteiger partial charge in [-0.1, -0.05) is 0 Å². The van der Waals surface area contributed by atoms with Crippen LogP contribution in [0.4, 0.5) is 0 Å². The number of fused-ring (bicyclic) bond motifs is 2. The van der Waals surface area contributed by atoms with Crippen LogP contribution in [-0.4, -0.2) is 71.9 Å². The Hall–Kier alpha value is -2.30. The summed E-state index contributed by atoms with van der Waals surface area (Å²) in [5, 5.41) is -0.536. The molecule has 0 aromatic heterocycles. The van der Waals surface area contributed by atoms with Gasteiger partial charge in [-0.15, -0.1) is 11.8 Å². The molecule has 0 amide bonds. The summed E-state index contributed by atoms with van der Waals surface area (Å²) in [6.45, 7) is 4.27. The van der Waals surface area contributed by atoms with E-state index in [1.807, 2.05) is 0 Å². The van der Waals surface area contributed by atoms with E-state index in [4.69, 9.17) is 23.7 Å². The number of carbonyl (C=O) groups is 5. The van der Waals surface area contributed by atoms with Gasteiger partial charge >= 0.3 is 29.8 Å². The molecular weight excluding hydrogens is 396 g/mol. The van der Waals surface area contributed by atoms with E-state index < -0.39 is 72.0 Å². The van der Waals surface area contributed by atoms with Crippen molar-refractivity contribution in [1.29, 1.82) is 0 Å². The SMILES string of the molecule is CC(=O)OCC(OC(C)=O)C(OC(C)=O)[C@H]1OC(=O)C2CSC1C2OC(C)=O. The third kappa shape index (κ3) is 5.37. The van der Waals surface area contributed by atoms with Gasteiger partial charge in [0.15, 0.2) is 18.3 Å². The molecule has 2 heterocycles. The summed E-state index contributed by atoms with van der Waals surface area (Å²) in [4.78, 5) is 58.2. The predicted molar refractivity (Wildman–Crippen MR) is 92.9 cm³/mol. The molecule has 5 unspecified atom stereocenters. The molecule has 0 spiro atoms. The molecule has 10 nitrogen and oxygen atoms in total. The van der Waals surface area contributed by atoms with Gasteiger partial charge in [0.2, 0.25) is 0 Å². The van der Waals surface area contributed by atoms with Crippen LogP contribution in [0.3, 0.4) is 0 Å². The number of esters is 5. The van der Waals surface area contributed by atoms with E-state index in [9.17, 15) is 24.0 Å². The second kappa shape index (κ2) is 9.26. The number of hydrogen-bond donors (Lipinski definition) is 0. The number of carbonyl (C=O) groups excluding carboxylic acids is 5. The second-order valence-corrected chi connectivity index (χ2v) is 7.62. The Morgan fingerprint density at radius 1 is 1.04 bits per heavy atom. The van der Waals surface area contributed by atoms with E-state index in [-0.39, 0.29) is 0 Å². The lowest BCUT2D eigenvalue weighted by molar-refractivity contribution is -0.202. The van der Waals surface area contributed by atoms with Crippen LogP contribution >= 0.6 is 11.8 Å². The maximum absolute atomic E-state index is 12.4. The molecule has 0 N–H and O–H groups in total. The van der Waals surface area contributed by atoms with Crippen LogP contribution in [0.1, 0.15) is 27.7 Å². The van der Waals surface area contributed by atoms with E-state index in [2.05, 4.69) is 0 Å². The Balaban J connectivity index is 2.34. The fourth-order valence-corrected chi connectivity index (χ4v) is 4.75. The minimum Gasteiger partial charge on any atom is -0.462 e. The number of cyclic esters (lactones) is 1. The lowest BCUT2D eigenvalue weighted by atomic mass is 9.91. The molecule has 0 radical (unpaired) electrons. The Morgan fingerprint density at radius 2 is 1.68 bits per heavy atom. The van der Waals surface area contributed by atoms with Gasteiger partial charge in [-0.05, 0) is 0 Å². The maximum atomic E-state index is 12.4. The van der Waals surface area contributed by atoms with Crippen molar-refractivity contribution in [3.63, 3.8) is 0 Å². The van der Waals surface area contributed by atoms with Crippen LogP contribution in [0.2, 0.25) is 0 Å². The summed E-state index contributed by atoms with van der Waals surface area (Å²) in [5.74, 6) is -3.48. The third-order valence-corrected chi connectivity index (χ3v) is 5.60. The molecule has 6 atom stereocenters. The van der Waals surface area contributed by atoms with Crippen molar-refractivity contribution in [1.82, 2.24) is 0 Å². The van der Waals surface area contributed by atoms with Gasteiger partial charge in [-0.25, -0.2) is 0 Å². The molecule has 0 aromatic carbocycles. The van der Waals surface area contributed by atoms with Gasteiger partial charge in [-0.2, -0.15) is 0 Å². The average Bonchev–Trinajstić information content (AvgIpc) is 2.87. The molecule has 2 aliphatic rings. The highest BCUT2D eigenvalue weighted by molar-refractivity contribution is 8.00. The summed E-state index contributed by atoms with van der Waals surface area (Å²) in [6.07, 6.45) is -4.29. The molecular formula is C17H22O10S. The molecule has 156 valence electrons. The zero-order valence-corrected chi connectivity index (χ0v) is 16.7. The molecule has 0 aliphatic carbocycles. The molecule has 2 fully saturated rings. The highest BCUT2D eigenvalue weighted by Gasteiger charge is 2.57. The van der Waals surface area contributed by atoms with Crippen molar-refractivity contribution < 1.29 is 47.7 Å². The van der Waals surface area contributed by atoms with Crippen molar-refractivity contribution in [2.45, 2.75) is 57.4 Å². The molecule has 28 heavy (non-hydrogen) atoms. The van der Waals surface area contributed by atoms with Gasteiger partial charge in [0.25, 0.3) is 0 Å². The Kier molecular flexibility index (Phi) is 7.28. The number of rotatable bonds is 7. The zero-order valence-electron chi connectivity index (χ0n) is 15.9. The molecule has 0 aromatic rings. The van der Waals surface area contributed by atoms with E-state index in [0.29, 0.717) is 5.75 Å². The minimum atomic E-state index is -1.25. The Morgan fingerprint density at radius 3 is 2.21 bits per heavy atom. The third-order valence-electron chi connectivity index (χ3n) is 4.13. The zero-order chi connectivity index (χ0) is 21.0. The second-order valence-electron chi connectivity index (χ2n) is 6.40. The van der Waals surface area contributed by atoms with Crippen molar-refractivity contribution >= 4 is 41.6 Å². The first-order chi connectivity index (χ1) is 13.1. The van der Waals surface area contributed by atoms with Gasteiger partial charge in [0.1, 0.15) is 18.6 Å². The van der Waals surface area contributed by atoms with Crippen molar-refractivity contribution in [2.75, 3.05) is 12.4 Å². The first kappa shape index (κ1) is 22.0. The molecule has 2 bridgehead atoms. The predicted octanol–water partition coefficient (Wildman–Crippen LogP) is 0.00160. The standard InChI is InChI=1S/C17H22O10S/c1-7(18)23-5-12(24-8(2)19)14(26-10(4)21)15-16-13(25-9(3)20)11(6-28-16)17(22)27-15/h11-16H,5-6H2,1-4H3/t11?,12?,13?,14?,15-,16?/m1/s1. The summed E-state index contributed by atoms with van der Waals surface area (Å²) in [7, 11) is 0. The average molecular weight is 418 g/mol. The van der Waals surface area contributed by atoms with E-state index in [1.54, 1.807) is 0 Å². The molecule has 11 heteroatoms. The topological polar surface area (TPSA) is 132 Å². The monoisotopic (exact) mass is 418 g/mol. The molecule has 2 aliphatic heterocycles. The van der Waals surface area contributed by atoms with Gasteiger partial charge in [0, 0.05) is 33.4 Å². The number of hydrogen-bond acceptors (Lipinski definition) is 11. The molecule has 2 saturated heterocycles. The van der Waals surface area contributed by atoms with Crippen LogP contribution in [0, 0.1) is 5.92 Å². The van der Waals surface area contributed by atoms with Crippen LogP contribution in [-0.2, 0) is 47.7 Å². The van der Waals surface area contributed by atoms with E-state index >= 15 is 0 Å². The fraction of sp³-hybridized carbons (Fsp3) is 0.706. The maximum Gasteiger partial charge on any atom is 0.314 e. The van der Waals surface area contributed by atoms with E-state index in [0.717, 1.165) is 13.8 Å².